The van der Waals surface area contributed by atoms with Gasteiger partial charge in [0, 0.05) is 33.1 Å². The summed E-state index contributed by atoms with van der Waals surface area (Å²) in [5, 5.41) is 0. The van der Waals surface area contributed by atoms with Crippen LogP contribution in [0.1, 0.15) is 12.8 Å². The van der Waals surface area contributed by atoms with Crippen LogP contribution in [0.5, 0.6) is 0 Å². The second-order valence-corrected chi connectivity index (χ2v) is 6.39. The van der Waals surface area contributed by atoms with E-state index in [2.05, 4.69) is 9.98 Å². The lowest BCUT2D eigenvalue weighted by atomic mass is 10.2. The number of aliphatic imine (C=N–C) groups is 2. The molecule has 0 aliphatic carbocycles. The topological polar surface area (TPSA) is 52.4 Å². The van der Waals surface area contributed by atoms with Crippen LogP contribution in [0.15, 0.2) is 9.98 Å². The fourth-order valence-corrected chi connectivity index (χ4v) is 3.24. The van der Waals surface area contributed by atoms with Gasteiger partial charge in [-0.25, -0.2) is 4.99 Å². The van der Waals surface area contributed by atoms with Crippen molar-refractivity contribution in [1.29, 1.82) is 0 Å². The van der Waals surface area contributed by atoms with Crippen LogP contribution in [0.25, 0.3) is 0 Å². The van der Waals surface area contributed by atoms with Gasteiger partial charge in [-0.15, -0.1) is 0 Å². The molecule has 0 saturated carbocycles. The lowest BCUT2D eigenvalue weighted by molar-refractivity contribution is 0.123. The van der Waals surface area contributed by atoms with Crippen molar-refractivity contribution in [2.75, 3.05) is 27.9 Å². The first-order chi connectivity index (χ1) is 7.26. The average molecular weight is 230 g/mol. The molecule has 0 aromatic carbocycles. The molecule has 1 heterocycles. The molecule has 86 valence electrons. The molecule has 6 heteroatoms. The van der Waals surface area contributed by atoms with Gasteiger partial charge in [0.1, 0.15) is 6.34 Å². The summed E-state index contributed by atoms with van der Waals surface area (Å²) in [7, 11) is 2.52. The van der Waals surface area contributed by atoms with Crippen LogP contribution < -0.4 is 0 Å². The predicted molar refractivity (Wildman–Crippen MR) is 61.6 cm³/mol. The Morgan fingerprint density at radius 2 is 1.93 bits per heavy atom. The van der Waals surface area contributed by atoms with Crippen molar-refractivity contribution in [2.24, 2.45) is 9.98 Å². The molecule has 0 atom stereocenters. The first kappa shape index (κ1) is 12.5. The maximum atomic E-state index is 5.32. The van der Waals surface area contributed by atoms with Crippen LogP contribution in [0, 0.1) is 0 Å². The third kappa shape index (κ3) is 3.49. The molecule has 0 aromatic heterocycles. The maximum absolute atomic E-state index is 5.32. The van der Waals surface area contributed by atoms with Crippen molar-refractivity contribution in [1.82, 2.24) is 0 Å². The van der Waals surface area contributed by atoms with Gasteiger partial charge in [0.05, 0.1) is 6.54 Å². The Morgan fingerprint density at radius 1 is 1.27 bits per heavy atom. The van der Waals surface area contributed by atoms with Crippen LogP contribution in [-0.4, -0.2) is 48.7 Å². The quantitative estimate of drug-likeness (QED) is 0.616. The summed E-state index contributed by atoms with van der Waals surface area (Å²) in [4.78, 5) is 8.18. The number of rotatable bonds is 7. The summed E-state index contributed by atoms with van der Waals surface area (Å²) in [6.45, 7) is 0.738. The molecule has 0 spiro atoms. The van der Waals surface area contributed by atoms with Crippen molar-refractivity contribution in [2.45, 2.75) is 18.9 Å². The third-order valence-corrected chi connectivity index (χ3v) is 5.31. The van der Waals surface area contributed by atoms with Gasteiger partial charge in [-0.2, -0.15) is 0 Å². The predicted octanol–water partition coefficient (Wildman–Crippen LogP) is 1.13. The molecule has 0 amide bonds. The largest absolute Gasteiger partial charge is 0.500 e. The Balaban J connectivity index is 2.27. The molecule has 0 fully saturated rings. The van der Waals surface area contributed by atoms with Gasteiger partial charge in [0.15, 0.2) is 0 Å². The summed E-state index contributed by atoms with van der Waals surface area (Å²) in [5.41, 5.74) is 1.13. The van der Waals surface area contributed by atoms with Crippen molar-refractivity contribution in [3.8, 4) is 0 Å². The highest BCUT2D eigenvalue weighted by Gasteiger charge is 2.36. The van der Waals surface area contributed by atoms with E-state index in [0.29, 0.717) is 0 Å². The number of nitrogens with zero attached hydrogens (tertiary/aromatic N) is 2. The van der Waals surface area contributed by atoms with E-state index in [0.717, 1.165) is 31.1 Å². The minimum atomic E-state index is -2.39. The summed E-state index contributed by atoms with van der Waals surface area (Å²) < 4.78 is 16.0. The standard InChI is InChI=1S/C9H18N2O3Si/c1-12-15(13-2,14-3)6-4-5-9-7-10-8-11-9/h8H,4-7H2,1-3H3. The monoisotopic (exact) mass is 230 g/mol. The fourth-order valence-electron chi connectivity index (χ4n) is 1.52. The van der Waals surface area contributed by atoms with Gasteiger partial charge in [-0.3, -0.25) is 4.99 Å². The van der Waals surface area contributed by atoms with Crippen molar-refractivity contribution in [3.63, 3.8) is 0 Å². The lowest BCUT2D eigenvalue weighted by Crippen LogP contribution is -2.42. The van der Waals surface area contributed by atoms with Crippen molar-refractivity contribution >= 4 is 20.9 Å². The molecule has 0 radical (unpaired) electrons. The summed E-state index contributed by atoms with van der Waals surface area (Å²) in [6.07, 6.45) is 3.51. The first-order valence-electron chi connectivity index (χ1n) is 4.95. The Bertz CT molecular complexity index is 243. The molecular formula is C9H18N2O3Si. The van der Waals surface area contributed by atoms with E-state index in [9.17, 15) is 0 Å². The van der Waals surface area contributed by atoms with Crippen LogP contribution in [0.2, 0.25) is 6.04 Å². The summed E-state index contributed by atoms with van der Waals surface area (Å²) in [5.74, 6) is 0. The Kier molecular flexibility index (Phi) is 5.10. The smallest absolute Gasteiger partial charge is 0.377 e. The molecule has 0 aromatic rings. The second-order valence-electron chi connectivity index (χ2n) is 3.30. The van der Waals surface area contributed by atoms with E-state index in [1.807, 2.05) is 0 Å². The van der Waals surface area contributed by atoms with Gasteiger partial charge in [-0.1, -0.05) is 0 Å². The fraction of sp³-hybridized carbons (Fsp3) is 0.778. The Morgan fingerprint density at radius 3 is 2.40 bits per heavy atom. The van der Waals surface area contributed by atoms with E-state index in [4.69, 9.17) is 13.3 Å². The molecule has 0 unspecified atom stereocenters. The molecule has 1 aliphatic rings. The zero-order valence-corrected chi connectivity index (χ0v) is 10.5. The summed E-state index contributed by atoms with van der Waals surface area (Å²) >= 11 is 0. The zero-order valence-electron chi connectivity index (χ0n) is 9.52. The van der Waals surface area contributed by atoms with Gasteiger partial charge >= 0.3 is 8.80 Å². The SMILES string of the molecule is CO[Si](CCCC1=NC=NC1)(OC)OC. The van der Waals surface area contributed by atoms with Crippen molar-refractivity contribution < 1.29 is 13.3 Å². The van der Waals surface area contributed by atoms with E-state index < -0.39 is 8.80 Å². The minimum Gasteiger partial charge on any atom is -0.377 e. The highest BCUT2D eigenvalue weighted by molar-refractivity contribution is 6.60. The molecule has 0 saturated heterocycles. The molecule has 15 heavy (non-hydrogen) atoms. The van der Waals surface area contributed by atoms with E-state index in [1.165, 1.54) is 0 Å². The maximum Gasteiger partial charge on any atom is 0.500 e. The number of hydrogen-bond acceptors (Lipinski definition) is 5. The molecular weight excluding hydrogens is 212 g/mol. The van der Waals surface area contributed by atoms with Crippen LogP contribution >= 0.6 is 0 Å². The minimum absolute atomic E-state index is 0.738. The van der Waals surface area contributed by atoms with Crippen LogP contribution in [-0.2, 0) is 13.3 Å². The van der Waals surface area contributed by atoms with E-state index >= 15 is 0 Å². The highest BCUT2D eigenvalue weighted by Crippen LogP contribution is 2.16. The first-order valence-corrected chi connectivity index (χ1v) is 6.89. The lowest BCUT2D eigenvalue weighted by Gasteiger charge is -2.24. The molecule has 1 rings (SSSR count). The zero-order chi connectivity index (χ0) is 11.1. The van der Waals surface area contributed by atoms with Gasteiger partial charge < -0.3 is 13.3 Å². The molecule has 0 N–H and O–H groups in total. The average Bonchev–Trinajstić information content (AvgIpc) is 2.78. The molecule has 0 bridgehead atoms. The molecule has 1 aliphatic heterocycles. The molecule has 5 nitrogen and oxygen atoms in total. The van der Waals surface area contributed by atoms with Gasteiger partial charge in [0.2, 0.25) is 0 Å². The number of hydrogen-bond donors (Lipinski definition) is 0. The normalized spacial score (nSPS) is 15.8. The second kappa shape index (κ2) is 6.11. The summed E-state index contributed by atoms with van der Waals surface area (Å²) in [6, 6.07) is 0.815. The van der Waals surface area contributed by atoms with Crippen LogP contribution in [0.4, 0.5) is 0 Å². The van der Waals surface area contributed by atoms with Crippen molar-refractivity contribution in [3.05, 3.63) is 0 Å². The Labute approximate surface area is 91.5 Å². The van der Waals surface area contributed by atoms with Gasteiger partial charge in [-0.05, 0) is 12.8 Å². The van der Waals surface area contributed by atoms with E-state index in [-0.39, 0.29) is 0 Å². The van der Waals surface area contributed by atoms with E-state index in [1.54, 1.807) is 27.7 Å². The van der Waals surface area contributed by atoms with Crippen LogP contribution in [0.3, 0.4) is 0 Å². The van der Waals surface area contributed by atoms with Gasteiger partial charge in [0.25, 0.3) is 0 Å². The Hall–Kier alpha value is -0.563. The third-order valence-electron chi connectivity index (χ3n) is 2.48. The highest BCUT2D eigenvalue weighted by atomic mass is 28.4.